The molecule has 1 aromatic rings. The number of aldehydes is 1. The van der Waals surface area contributed by atoms with Crippen LogP contribution in [0, 0.1) is 6.92 Å². The topological polar surface area (TPSA) is 55.4 Å². The average molecular weight is 207 g/mol. The monoisotopic (exact) mass is 207 g/mol. The summed E-state index contributed by atoms with van der Waals surface area (Å²) >= 11 is 0. The van der Waals surface area contributed by atoms with E-state index in [2.05, 4.69) is 10.1 Å². The van der Waals surface area contributed by atoms with Gasteiger partial charge in [-0.05, 0) is 18.6 Å². The first-order valence-corrected chi connectivity index (χ1v) is 4.63. The van der Waals surface area contributed by atoms with Crippen molar-refractivity contribution in [2.75, 3.05) is 18.5 Å². The van der Waals surface area contributed by atoms with Crippen molar-refractivity contribution in [3.05, 3.63) is 29.8 Å². The molecule has 0 saturated heterocycles. The van der Waals surface area contributed by atoms with Crippen molar-refractivity contribution in [3.8, 4) is 0 Å². The quantitative estimate of drug-likeness (QED) is 0.581. The molecule has 0 aliphatic heterocycles. The van der Waals surface area contributed by atoms with E-state index in [1.54, 1.807) is 0 Å². The number of hydrogen-bond donors (Lipinski definition) is 1. The van der Waals surface area contributed by atoms with E-state index in [0.717, 1.165) is 11.3 Å². The van der Waals surface area contributed by atoms with Gasteiger partial charge in [-0.3, -0.25) is 9.59 Å². The van der Waals surface area contributed by atoms with E-state index in [9.17, 15) is 9.59 Å². The number of aryl methyl sites for hydroxylation is 1. The second-order valence-electron chi connectivity index (χ2n) is 3.02. The van der Waals surface area contributed by atoms with E-state index in [1.807, 2.05) is 31.2 Å². The molecule has 80 valence electrons. The van der Waals surface area contributed by atoms with Crippen LogP contribution in [0.1, 0.15) is 5.56 Å². The third kappa shape index (κ3) is 3.81. The summed E-state index contributed by atoms with van der Waals surface area (Å²) in [4.78, 5) is 21.0. The van der Waals surface area contributed by atoms with Crippen molar-refractivity contribution in [1.82, 2.24) is 0 Å². The smallest absolute Gasteiger partial charge is 0.325 e. The van der Waals surface area contributed by atoms with Crippen LogP contribution in [0.25, 0.3) is 0 Å². The van der Waals surface area contributed by atoms with E-state index in [4.69, 9.17) is 0 Å². The van der Waals surface area contributed by atoms with E-state index in [1.165, 1.54) is 0 Å². The minimum Gasteiger partial charge on any atom is -0.457 e. The Bertz CT molecular complexity index is 349. The fraction of sp³-hybridized carbons (Fsp3) is 0.273. The van der Waals surface area contributed by atoms with Gasteiger partial charge >= 0.3 is 5.97 Å². The van der Waals surface area contributed by atoms with Crippen LogP contribution in [0.15, 0.2) is 24.3 Å². The third-order valence-electron chi connectivity index (χ3n) is 1.88. The first-order valence-electron chi connectivity index (χ1n) is 4.63. The van der Waals surface area contributed by atoms with Gasteiger partial charge < -0.3 is 10.1 Å². The van der Waals surface area contributed by atoms with Crippen molar-refractivity contribution in [3.63, 3.8) is 0 Å². The number of carbonyl (C=O) groups is 2. The predicted octanol–water partition coefficient (Wildman–Crippen LogP) is 1.15. The highest BCUT2D eigenvalue weighted by Gasteiger charge is 2.02. The molecule has 4 heteroatoms. The van der Waals surface area contributed by atoms with Gasteiger partial charge in [0.2, 0.25) is 0 Å². The normalized spacial score (nSPS) is 9.40. The lowest BCUT2D eigenvalue weighted by Gasteiger charge is -2.07. The minimum absolute atomic E-state index is 0.0681. The van der Waals surface area contributed by atoms with Crippen molar-refractivity contribution in [2.45, 2.75) is 6.92 Å². The largest absolute Gasteiger partial charge is 0.457 e. The Labute approximate surface area is 88.2 Å². The first kappa shape index (κ1) is 11.2. The first-order chi connectivity index (χ1) is 7.24. The number of benzene rings is 1. The fourth-order valence-electron chi connectivity index (χ4n) is 1.12. The number of para-hydroxylation sites is 1. The van der Waals surface area contributed by atoms with Gasteiger partial charge in [-0.15, -0.1) is 0 Å². The summed E-state index contributed by atoms with van der Waals surface area (Å²) in [6.07, 6.45) is 0.547. The second kappa shape index (κ2) is 5.80. The summed E-state index contributed by atoms with van der Waals surface area (Å²) in [7, 11) is 0. The lowest BCUT2D eigenvalue weighted by molar-refractivity contribution is -0.143. The fourth-order valence-corrected chi connectivity index (χ4v) is 1.12. The zero-order valence-corrected chi connectivity index (χ0v) is 8.53. The molecule has 1 aromatic carbocycles. The Morgan fingerprint density at radius 1 is 1.47 bits per heavy atom. The van der Waals surface area contributed by atoms with Gasteiger partial charge in [-0.1, -0.05) is 18.2 Å². The maximum atomic E-state index is 11.0. The van der Waals surface area contributed by atoms with Gasteiger partial charge in [-0.25, -0.2) is 0 Å². The van der Waals surface area contributed by atoms with Gasteiger partial charge in [0.25, 0.3) is 0 Å². The molecule has 0 aromatic heterocycles. The zero-order chi connectivity index (χ0) is 11.1. The van der Waals surface area contributed by atoms with Gasteiger partial charge in [0.05, 0.1) is 0 Å². The standard InChI is InChI=1S/C11H13NO3/c1-9-4-2-3-5-10(9)12-8-11(14)15-7-6-13/h2-6,12H,7-8H2,1H3. The predicted molar refractivity (Wildman–Crippen MR) is 56.7 cm³/mol. The van der Waals surface area contributed by atoms with Gasteiger partial charge in [0.15, 0.2) is 6.29 Å². The maximum Gasteiger partial charge on any atom is 0.325 e. The molecule has 4 nitrogen and oxygen atoms in total. The highest BCUT2D eigenvalue weighted by molar-refractivity contribution is 5.76. The highest BCUT2D eigenvalue weighted by atomic mass is 16.5. The molecule has 1 rings (SSSR count). The molecule has 0 radical (unpaired) electrons. The molecule has 1 N–H and O–H groups in total. The van der Waals surface area contributed by atoms with Crippen molar-refractivity contribution < 1.29 is 14.3 Å². The summed E-state index contributed by atoms with van der Waals surface area (Å²) in [6.45, 7) is 1.83. The lowest BCUT2D eigenvalue weighted by Crippen LogP contribution is -2.18. The zero-order valence-electron chi connectivity index (χ0n) is 8.53. The summed E-state index contributed by atoms with van der Waals surface area (Å²) < 4.78 is 4.58. The number of carbonyl (C=O) groups excluding carboxylic acids is 2. The molecule has 0 bridgehead atoms. The van der Waals surface area contributed by atoms with E-state index in [-0.39, 0.29) is 13.2 Å². The molecule has 0 saturated carbocycles. The molecular formula is C11H13NO3. The molecule has 0 aliphatic carbocycles. The van der Waals surface area contributed by atoms with E-state index in [0.29, 0.717) is 6.29 Å². The minimum atomic E-state index is -0.439. The third-order valence-corrected chi connectivity index (χ3v) is 1.88. The maximum absolute atomic E-state index is 11.0. The van der Waals surface area contributed by atoms with Crippen LogP contribution >= 0.6 is 0 Å². The van der Waals surface area contributed by atoms with Gasteiger partial charge in [0, 0.05) is 5.69 Å². The van der Waals surface area contributed by atoms with E-state index >= 15 is 0 Å². The number of rotatable bonds is 5. The SMILES string of the molecule is Cc1ccccc1NCC(=O)OCC=O. The summed E-state index contributed by atoms with van der Waals surface area (Å²) in [5.74, 6) is -0.439. The number of hydrogen-bond acceptors (Lipinski definition) is 4. The lowest BCUT2D eigenvalue weighted by atomic mass is 10.2. The van der Waals surface area contributed by atoms with Crippen LogP contribution in [-0.2, 0) is 14.3 Å². The molecule has 0 fully saturated rings. The highest BCUT2D eigenvalue weighted by Crippen LogP contribution is 2.12. The number of nitrogens with one attached hydrogen (secondary N) is 1. The molecule has 0 atom stereocenters. The van der Waals surface area contributed by atoms with Crippen molar-refractivity contribution in [1.29, 1.82) is 0 Å². The van der Waals surface area contributed by atoms with Gasteiger partial charge in [0.1, 0.15) is 13.2 Å². The van der Waals surface area contributed by atoms with Crippen LogP contribution in [0.4, 0.5) is 5.69 Å². The molecule has 0 aliphatic rings. The van der Waals surface area contributed by atoms with Crippen LogP contribution < -0.4 is 5.32 Å². The molecule has 0 amide bonds. The van der Waals surface area contributed by atoms with E-state index < -0.39 is 5.97 Å². The number of ether oxygens (including phenoxy) is 1. The van der Waals surface area contributed by atoms with Crippen molar-refractivity contribution in [2.24, 2.45) is 0 Å². The van der Waals surface area contributed by atoms with Crippen LogP contribution in [0.5, 0.6) is 0 Å². The Morgan fingerprint density at radius 3 is 2.87 bits per heavy atom. The Hall–Kier alpha value is -1.84. The van der Waals surface area contributed by atoms with Crippen LogP contribution in [0.3, 0.4) is 0 Å². The summed E-state index contributed by atoms with van der Waals surface area (Å²) in [5.41, 5.74) is 1.95. The van der Waals surface area contributed by atoms with Crippen LogP contribution in [-0.4, -0.2) is 25.4 Å². The summed E-state index contributed by atoms with van der Waals surface area (Å²) in [6, 6.07) is 7.62. The second-order valence-corrected chi connectivity index (χ2v) is 3.02. The number of esters is 1. The summed E-state index contributed by atoms with van der Waals surface area (Å²) in [5, 5.41) is 2.93. The molecular weight excluding hydrogens is 194 g/mol. The Morgan fingerprint density at radius 2 is 2.20 bits per heavy atom. The Kier molecular flexibility index (Phi) is 4.34. The number of anilines is 1. The van der Waals surface area contributed by atoms with Gasteiger partial charge in [-0.2, -0.15) is 0 Å². The van der Waals surface area contributed by atoms with Crippen LogP contribution in [0.2, 0.25) is 0 Å². The average Bonchev–Trinajstić information content (AvgIpc) is 2.25. The molecule has 15 heavy (non-hydrogen) atoms. The Balaban J connectivity index is 2.40. The molecule has 0 spiro atoms. The van der Waals surface area contributed by atoms with Crippen molar-refractivity contribution >= 4 is 17.9 Å². The molecule has 0 unspecified atom stereocenters. The molecule has 0 heterocycles.